The summed E-state index contributed by atoms with van der Waals surface area (Å²) in [5, 5.41) is 16.6. The van der Waals surface area contributed by atoms with Gasteiger partial charge in [0, 0.05) is 30.2 Å². The Hall–Kier alpha value is -1.85. The molecule has 112 valence electrons. The highest BCUT2D eigenvalue weighted by atomic mass is 16.3. The summed E-state index contributed by atoms with van der Waals surface area (Å²) in [6.45, 7) is 3.20. The van der Waals surface area contributed by atoms with Crippen LogP contribution in [0.4, 0.5) is 0 Å². The number of carbonyl (C=O) groups is 1. The number of benzene rings is 1. The van der Waals surface area contributed by atoms with Crippen molar-refractivity contribution in [3.63, 3.8) is 0 Å². The molecule has 2 unspecified atom stereocenters. The average Bonchev–Trinajstić information content (AvgIpc) is 3.06. The number of aryl methyl sites for hydroxylation is 1. The molecular formula is C16H21N3O2. The lowest BCUT2D eigenvalue weighted by atomic mass is 10.1. The molecule has 1 saturated heterocycles. The lowest BCUT2D eigenvalue weighted by molar-refractivity contribution is -0.122. The Labute approximate surface area is 123 Å². The van der Waals surface area contributed by atoms with Gasteiger partial charge in [0.15, 0.2) is 0 Å². The van der Waals surface area contributed by atoms with Gasteiger partial charge in [0.25, 0.3) is 0 Å². The van der Waals surface area contributed by atoms with Crippen LogP contribution in [0.3, 0.4) is 0 Å². The van der Waals surface area contributed by atoms with E-state index in [9.17, 15) is 9.90 Å². The predicted molar refractivity (Wildman–Crippen MR) is 82.2 cm³/mol. The maximum absolute atomic E-state index is 12.0. The summed E-state index contributed by atoms with van der Waals surface area (Å²) in [7, 11) is 0. The lowest BCUT2D eigenvalue weighted by Gasteiger charge is -2.10. The molecule has 3 rings (SSSR count). The highest BCUT2D eigenvalue weighted by Gasteiger charge is 2.27. The Kier molecular flexibility index (Phi) is 3.94. The van der Waals surface area contributed by atoms with E-state index in [4.69, 9.17) is 0 Å². The third-order valence-electron chi connectivity index (χ3n) is 4.11. The molecule has 1 aliphatic heterocycles. The van der Waals surface area contributed by atoms with Gasteiger partial charge in [-0.05, 0) is 37.0 Å². The normalized spacial score (nSPS) is 21.8. The number of hydrogen-bond donors (Lipinski definition) is 4. The first-order chi connectivity index (χ1) is 10.1. The molecule has 0 bridgehead atoms. The first kappa shape index (κ1) is 14.1. The highest BCUT2D eigenvalue weighted by molar-refractivity contribution is 5.86. The van der Waals surface area contributed by atoms with Crippen LogP contribution in [0.25, 0.3) is 10.9 Å². The van der Waals surface area contributed by atoms with Gasteiger partial charge in [0.2, 0.25) is 5.91 Å². The molecule has 0 radical (unpaired) electrons. The van der Waals surface area contributed by atoms with Gasteiger partial charge in [0.1, 0.15) is 0 Å². The van der Waals surface area contributed by atoms with Crippen LogP contribution in [0, 0.1) is 6.92 Å². The Morgan fingerprint density at radius 1 is 1.48 bits per heavy atom. The van der Waals surface area contributed by atoms with E-state index in [0.29, 0.717) is 19.5 Å². The summed E-state index contributed by atoms with van der Waals surface area (Å²) in [4.78, 5) is 15.2. The Bertz CT molecular complexity index is 650. The molecule has 1 aromatic heterocycles. The molecule has 5 nitrogen and oxygen atoms in total. The zero-order valence-electron chi connectivity index (χ0n) is 12.1. The van der Waals surface area contributed by atoms with Crippen LogP contribution in [-0.4, -0.2) is 41.2 Å². The van der Waals surface area contributed by atoms with Crippen molar-refractivity contribution in [1.29, 1.82) is 0 Å². The van der Waals surface area contributed by atoms with E-state index in [-0.39, 0.29) is 11.9 Å². The third-order valence-corrected chi connectivity index (χ3v) is 4.11. The van der Waals surface area contributed by atoms with E-state index in [1.165, 1.54) is 16.5 Å². The molecule has 2 atom stereocenters. The van der Waals surface area contributed by atoms with Crippen LogP contribution < -0.4 is 10.6 Å². The van der Waals surface area contributed by atoms with Crippen molar-refractivity contribution in [3.8, 4) is 0 Å². The number of aliphatic hydroxyl groups excluding tert-OH is 1. The number of amides is 1. The number of aromatic amines is 1. The average molecular weight is 287 g/mol. The van der Waals surface area contributed by atoms with E-state index in [1.807, 2.05) is 12.3 Å². The van der Waals surface area contributed by atoms with Crippen LogP contribution >= 0.6 is 0 Å². The largest absolute Gasteiger partial charge is 0.392 e. The van der Waals surface area contributed by atoms with Crippen LogP contribution in [0.15, 0.2) is 24.4 Å². The van der Waals surface area contributed by atoms with Gasteiger partial charge in [-0.25, -0.2) is 0 Å². The quantitative estimate of drug-likeness (QED) is 0.673. The van der Waals surface area contributed by atoms with Crippen molar-refractivity contribution < 1.29 is 9.90 Å². The Morgan fingerprint density at radius 3 is 3.10 bits per heavy atom. The second kappa shape index (κ2) is 5.87. The van der Waals surface area contributed by atoms with Crippen LogP contribution in [0.5, 0.6) is 0 Å². The van der Waals surface area contributed by atoms with E-state index in [1.54, 1.807) is 0 Å². The molecule has 1 aliphatic rings. The molecule has 21 heavy (non-hydrogen) atoms. The molecule has 1 amide bonds. The molecular weight excluding hydrogens is 266 g/mol. The lowest BCUT2D eigenvalue weighted by Crippen LogP contribution is -2.41. The molecule has 0 saturated carbocycles. The summed E-state index contributed by atoms with van der Waals surface area (Å²) in [5.74, 6) is -0.0249. The molecule has 0 spiro atoms. The Balaban J connectivity index is 1.58. The van der Waals surface area contributed by atoms with Crippen LogP contribution in [0.2, 0.25) is 0 Å². The monoisotopic (exact) mass is 287 g/mol. The van der Waals surface area contributed by atoms with Gasteiger partial charge in [0.05, 0.1) is 12.1 Å². The third kappa shape index (κ3) is 2.94. The van der Waals surface area contributed by atoms with Gasteiger partial charge in [-0.1, -0.05) is 12.1 Å². The van der Waals surface area contributed by atoms with Crippen LogP contribution in [0.1, 0.15) is 17.5 Å². The number of aliphatic hydroxyl groups is 1. The van der Waals surface area contributed by atoms with Gasteiger partial charge >= 0.3 is 0 Å². The number of H-pyrrole nitrogens is 1. The molecule has 4 N–H and O–H groups in total. The first-order valence-corrected chi connectivity index (χ1v) is 7.40. The molecule has 0 aliphatic carbocycles. The fraction of sp³-hybridized carbons (Fsp3) is 0.438. The summed E-state index contributed by atoms with van der Waals surface area (Å²) in [6, 6.07) is 5.94. The van der Waals surface area contributed by atoms with Gasteiger partial charge < -0.3 is 20.7 Å². The van der Waals surface area contributed by atoms with E-state index < -0.39 is 6.10 Å². The molecule has 2 heterocycles. The molecule has 1 aromatic carbocycles. The summed E-state index contributed by atoms with van der Waals surface area (Å²) in [6.07, 6.45) is 2.91. The number of aromatic nitrogens is 1. The fourth-order valence-corrected chi connectivity index (χ4v) is 3.01. The zero-order chi connectivity index (χ0) is 14.8. The maximum Gasteiger partial charge on any atom is 0.237 e. The fourth-order valence-electron chi connectivity index (χ4n) is 3.01. The summed E-state index contributed by atoms with van der Waals surface area (Å²) >= 11 is 0. The minimum Gasteiger partial charge on any atom is -0.392 e. The van der Waals surface area contributed by atoms with E-state index in [2.05, 4.69) is 34.7 Å². The van der Waals surface area contributed by atoms with Crippen molar-refractivity contribution in [2.24, 2.45) is 0 Å². The number of hydrogen-bond acceptors (Lipinski definition) is 3. The van der Waals surface area contributed by atoms with Crippen molar-refractivity contribution in [1.82, 2.24) is 15.6 Å². The first-order valence-electron chi connectivity index (χ1n) is 7.40. The van der Waals surface area contributed by atoms with E-state index in [0.717, 1.165) is 11.9 Å². The molecule has 1 fully saturated rings. The highest BCUT2D eigenvalue weighted by Crippen LogP contribution is 2.22. The second-order valence-corrected chi connectivity index (χ2v) is 5.70. The minimum atomic E-state index is -0.406. The summed E-state index contributed by atoms with van der Waals surface area (Å²) < 4.78 is 0. The van der Waals surface area contributed by atoms with Crippen molar-refractivity contribution in [2.75, 3.05) is 13.1 Å². The van der Waals surface area contributed by atoms with Crippen molar-refractivity contribution >= 4 is 16.8 Å². The molecule has 5 heteroatoms. The standard InChI is InChI=1S/C16H21N3O2/c1-10-3-2-4-13-15(10)11(8-18-13)5-6-17-16(21)14-7-12(20)9-19-14/h2-4,8,12,14,18-20H,5-7,9H2,1H3,(H,17,21). The number of fused-ring (bicyclic) bond motifs is 1. The number of β-amino-alcohol motifs (C(OH)–C–C–N with tert-alkyl or cyclic N) is 1. The second-order valence-electron chi connectivity index (χ2n) is 5.70. The maximum atomic E-state index is 12.0. The van der Waals surface area contributed by atoms with Crippen LogP contribution in [-0.2, 0) is 11.2 Å². The van der Waals surface area contributed by atoms with E-state index >= 15 is 0 Å². The SMILES string of the molecule is Cc1cccc2[nH]cc(CCNC(=O)C3CC(O)CN3)c12. The van der Waals surface area contributed by atoms with Crippen molar-refractivity contribution in [3.05, 3.63) is 35.5 Å². The minimum absolute atomic E-state index is 0.0249. The Morgan fingerprint density at radius 2 is 2.33 bits per heavy atom. The predicted octanol–water partition coefficient (Wildman–Crippen LogP) is 0.858. The smallest absolute Gasteiger partial charge is 0.237 e. The van der Waals surface area contributed by atoms with Gasteiger partial charge in [-0.15, -0.1) is 0 Å². The topological polar surface area (TPSA) is 77.2 Å². The zero-order valence-corrected chi connectivity index (χ0v) is 12.1. The van der Waals surface area contributed by atoms with Gasteiger partial charge in [-0.3, -0.25) is 4.79 Å². The van der Waals surface area contributed by atoms with Crippen molar-refractivity contribution in [2.45, 2.75) is 31.9 Å². The number of carbonyl (C=O) groups excluding carboxylic acids is 1. The summed E-state index contributed by atoms with van der Waals surface area (Å²) in [5.41, 5.74) is 3.61. The number of nitrogens with one attached hydrogen (secondary N) is 3. The number of rotatable bonds is 4. The van der Waals surface area contributed by atoms with Gasteiger partial charge in [-0.2, -0.15) is 0 Å². The molecule has 2 aromatic rings.